The van der Waals surface area contributed by atoms with Crippen LogP contribution in [0.5, 0.6) is 0 Å². The molecule has 132 valence electrons. The number of fused-ring (bicyclic) bond motifs is 1. The van der Waals surface area contributed by atoms with Crippen molar-refractivity contribution in [1.29, 1.82) is 0 Å². The van der Waals surface area contributed by atoms with Gasteiger partial charge in [0.2, 0.25) is 0 Å². The minimum absolute atomic E-state index is 0.0120. The lowest BCUT2D eigenvalue weighted by molar-refractivity contribution is -0.0776. The second kappa shape index (κ2) is 6.01. The fraction of sp³-hybridized carbons (Fsp3) is 0.545. The van der Waals surface area contributed by atoms with Crippen molar-refractivity contribution in [3.05, 3.63) is 23.0 Å². The zero-order valence-electron chi connectivity index (χ0n) is 12.0. The first kappa shape index (κ1) is 17.2. The van der Waals surface area contributed by atoms with Gasteiger partial charge in [0.1, 0.15) is 18.3 Å². The molecule has 0 amide bonds. The molecule has 1 aliphatic heterocycles. The lowest BCUT2D eigenvalue weighted by Gasteiger charge is -2.21. The summed E-state index contributed by atoms with van der Waals surface area (Å²) in [6, 6.07) is 0. The molecule has 0 aliphatic carbocycles. The standard InChI is InChI=1S/C11H15N4O8P/c16-4(1-24(20,21)22)8-6(17)7(18)11(23-8)15-3-14-5-9(15)12-2-13-10(5)19/h2-4,6-8,11,16-18H,1H2,(H,12,13,19)(H2,20,21,22)/t4-,6+,7-,8-,11-/m1/s1. The van der Waals surface area contributed by atoms with Gasteiger partial charge in [-0.1, -0.05) is 0 Å². The van der Waals surface area contributed by atoms with Crippen molar-refractivity contribution in [3.8, 4) is 0 Å². The molecule has 0 bridgehead atoms. The Kier molecular flexibility index (Phi) is 4.30. The number of aliphatic hydroxyl groups excluding tert-OH is 3. The predicted molar refractivity (Wildman–Crippen MR) is 77.0 cm³/mol. The van der Waals surface area contributed by atoms with Crippen LogP contribution in [0.2, 0.25) is 0 Å². The van der Waals surface area contributed by atoms with Gasteiger partial charge < -0.3 is 34.8 Å². The Morgan fingerprint density at radius 3 is 2.71 bits per heavy atom. The summed E-state index contributed by atoms with van der Waals surface area (Å²) in [6.45, 7) is 0. The van der Waals surface area contributed by atoms with Crippen LogP contribution in [0.3, 0.4) is 0 Å². The van der Waals surface area contributed by atoms with Gasteiger partial charge in [0, 0.05) is 0 Å². The van der Waals surface area contributed by atoms with E-state index in [0.29, 0.717) is 0 Å². The summed E-state index contributed by atoms with van der Waals surface area (Å²) < 4.78 is 17.5. The third kappa shape index (κ3) is 3.00. The number of H-pyrrole nitrogens is 1. The summed E-state index contributed by atoms with van der Waals surface area (Å²) in [5.74, 6) is 0. The highest BCUT2D eigenvalue weighted by atomic mass is 31.2. The molecule has 6 N–H and O–H groups in total. The van der Waals surface area contributed by atoms with Gasteiger partial charge in [0.05, 0.1) is 24.9 Å². The molecular formula is C11H15N4O8P. The number of ether oxygens (including phenoxy) is 1. The van der Waals surface area contributed by atoms with Crippen LogP contribution >= 0.6 is 7.60 Å². The minimum Gasteiger partial charge on any atom is -0.390 e. The molecule has 24 heavy (non-hydrogen) atoms. The van der Waals surface area contributed by atoms with Crippen LogP contribution in [0.15, 0.2) is 17.4 Å². The third-order valence-electron chi connectivity index (χ3n) is 3.72. The Morgan fingerprint density at radius 2 is 2.04 bits per heavy atom. The maximum atomic E-state index is 11.6. The van der Waals surface area contributed by atoms with E-state index in [1.807, 2.05) is 0 Å². The molecule has 2 aromatic rings. The molecule has 1 saturated heterocycles. The first-order valence-electron chi connectivity index (χ1n) is 6.83. The number of hydrogen-bond donors (Lipinski definition) is 6. The molecule has 2 aromatic heterocycles. The molecule has 5 atom stereocenters. The fourth-order valence-electron chi connectivity index (χ4n) is 2.63. The summed E-state index contributed by atoms with van der Waals surface area (Å²) in [5, 5.41) is 30.0. The monoisotopic (exact) mass is 362 g/mol. The number of nitrogens with zero attached hydrogens (tertiary/aromatic N) is 3. The molecule has 12 nitrogen and oxygen atoms in total. The second-order valence-corrected chi connectivity index (χ2v) is 7.14. The van der Waals surface area contributed by atoms with E-state index in [1.165, 1.54) is 10.9 Å². The van der Waals surface area contributed by atoms with Crippen molar-refractivity contribution < 1.29 is 34.4 Å². The van der Waals surface area contributed by atoms with Crippen LogP contribution in [-0.4, -0.2) is 75.2 Å². The van der Waals surface area contributed by atoms with E-state index in [0.717, 1.165) is 6.33 Å². The smallest absolute Gasteiger partial charge is 0.328 e. The Balaban J connectivity index is 1.91. The molecule has 0 unspecified atom stereocenters. The van der Waals surface area contributed by atoms with Crippen molar-refractivity contribution in [3.63, 3.8) is 0 Å². The first-order chi connectivity index (χ1) is 11.2. The topological polar surface area (TPSA) is 191 Å². The predicted octanol–water partition coefficient (Wildman–Crippen LogP) is -2.72. The van der Waals surface area contributed by atoms with Crippen LogP contribution in [0, 0.1) is 0 Å². The summed E-state index contributed by atoms with van der Waals surface area (Å²) in [7, 11) is -4.55. The summed E-state index contributed by atoms with van der Waals surface area (Å²) in [5.41, 5.74) is -0.438. The van der Waals surface area contributed by atoms with E-state index >= 15 is 0 Å². The summed E-state index contributed by atoms with van der Waals surface area (Å²) in [4.78, 5) is 39.6. The van der Waals surface area contributed by atoms with Gasteiger partial charge in [-0.3, -0.25) is 13.9 Å². The Labute approximate surface area is 133 Å². The Morgan fingerprint density at radius 1 is 1.33 bits per heavy atom. The number of aromatic nitrogens is 4. The quantitative estimate of drug-likeness (QED) is 0.311. The normalized spacial score (nSPS) is 29.2. The van der Waals surface area contributed by atoms with E-state index in [2.05, 4.69) is 15.0 Å². The van der Waals surface area contributed by atoms with Crippen LogP contribution < -0.4 is 5.56 Å². The van der Waals surface area contributed by atoms with Gasteiger partial charge in [0.25, 0.3) is 5.56 Å². The zero-order chi connectivity index (χ0) is 17.6. The second-order valence-electron chi connectivity index (χ2n) is 5.44. The van der Waals surface area contributed by atoms with Crippen LogP contribution in [0.4, 0.5) is 0 Å². The van der Waals surface area contributed by atoms with E-state index in [-0.39, 0.29) is 11.2 Å². The van der Waals surface area contributed by atoms with Gasteiger partial charge in [-0.05, 0) is 0 Å². The molecule has 13 heteroatoms. The number of hydrogen-bond acceptors (Lipinski definition) is 8. The SMILES string of the molecule is O=c1[nH]cnc2c1ncn2[C@@H]1O[C@H]([C@H](O)CP(=O)(O)O)[C@@H](O)[C@H]1O. The maximum absolute atomic E-state index is 11.6. The zero-order valence-corrected chi connectivity index (χ0v) is 12.9. The maximum Gasteiger partial charge on any atom is 0.328 e. The highest BCUT2D eigenvalue weighted by Crippen LogP contribution is 2.39. The molecular weight excluding hydrogens is 347 g/mol. The third-order valence-corrected chi connectivity index (χ3v) is 4.57. The van der Waals surface area contributed by atoms with E-state index in [4.69, 9.17) is 14.5 Å². The van der Waals surface area contributed by atoms with E-state index < -0.39 is 50.0 Å². The Bertz CT molecular complexity index is 846. The van der Waals surface area contributed by atoms with Crippen molar-refractivity contribution in [2.75, 3.05) is 6.16 Å². The molecule has 3 rings (SSSR count). The van der Waals surface area contributed by atoms with Gasteiger partial charge in [-0.15, -0.1) is 0 Å². The molecule has 0 spiro atoms. The fourth-order valence-corrected chi connectivity index (χ4v) is 3.33. The largest absolute Gasteiger partial charge is 0.390 e. The molecule has 0 aromatic carbocycles. The summed E-state index contributed by atoms with van der Waals surface area (Å²) >= 11 is 0. The molecule has 0 radical (unpaired) electrons. The Hall–Kier alpha value is -1.66. The molecule has 1 aliphatic rings. The lowest BCUT2D eigenvalue weighted by atomic mass is 10.1. The van der Waals surface area contributed by atoms with Crippen LogP contribution in [0.1, 0.15) is 6.23 Å². The number of imidazole rings is 1. The first-order valence-corrected chi connectivity index (χ1v) is 8.63. The number of nitrogens with one attached hydrogen (secondary N) is 1. The van der Waals surface area contributed by atoms with Crippen molar-refractivity contribution >= 4 is 18.8 Å². The van der Waals surface area contributed by atoms with Crippen LogP contribution in [-0.2, 0) is 9.30 Å². The van der Waals surface area contributed by atoms with Gasteiger partial charge in [-0.2, -0.15) is 0 Å². The number of rotatable bonds is 4. The molecule has 3 heterocycles. The minimum atomic E-state index is -4.55. The number of aromatic amines is 1. The highest BCUT2D eigenvalue weighted by Gasteiger charge is 2.48. The average Bonchev–Trinajstić information content (AvgIpc) is 3.01. The molecule has 0 saturated carbocycles. The average molecular weight is 362 g/mol. The van der Waals surface area contributed by atoms with E-state index in [9.17, 15) is 24.7 Å². The van der Waals surface area contributed by atoms with Gasteiger partial charge in [-0.25, -0.2) is 9.97 Å². The van der Waals surface area contributed by atoms with Crippen LogP contribution in [0.25, 0.3) is 11.2 Å². The summed E-state index contributed by atoms with van der Waals surface area (Å²) in [6.07, 6.45) is -6.14. The molecule has 1 fully saturated rings. The van der Waals surface area contributed by atoms with E-state index in [1.54, 1.807) is 0 Å². The van der Waals surface area contributed by atoms with Gasteiger partial charge in [0.15, 0.2) is 17.4 Å². The van der Waals surface area contributed by atoms with Gasteiger partial charge >= 0.3 is 7.60 Å². The van der Waals surface area contributed by atoms with Crippen molar-refractivity contribution in [1.82, 2.24) is 19.5 Å². The highest BCUT2D eigenvalue weighted by molar-refractivity contribution is 7.51. The van der Waals surface area contributed by atoms with Crippen molar-refractivity contribution in [2.45, 2.75) is 30.6 Å². The van der Waals surface area contributed by atoms with Crippen molar-refractivity contribution in [2.24, 2.45) is 0 Å². The number of aliphatic hydroxyl groups is 3. The lowest BCUT2D eigenvalue weighted by Crippen LogP contribution is -2.40.